The summed E-state index contributed by atoms with van der Waals surface area (Å²) in [6.45, 7) is 0. The topological polar surface area (TPSA) is 15.8 Å². The molecule has 4 heteroatoms. The molecule has 1 aromatic heterocycles. The van der Waals surface area contributed by atoms with Gasteiger partial charge in [-0.3, -0.25) is 0 Å². The van der Waals surface area contributed by atoms with Gasteiger partial charge >= 0.3 is 0 Å². The number of aromatic nitrogens is 1. The molecule has 1 N–H and O–H groups in total. The van der Waals surface area contributed by atoms with E-state index in [0.717, 1.165) is 5.69 Å². The first-order valence-electron chi connectivity index (χ1n) is 4.30. The molecule has 0 amide bonds. The highest BCUT2D eigenvalue weighted by Crippen LogP contribution is 2.22. The first-order chi connectivity index (χ1) is 7.15. The lowest BCUT2D eigenvalue weighted by Crippen LogP contribution is -1.84. The van der Waals surface area contributed by atoms with Gasteiger partial charge in [0.1, 0.15) is 5.82 Å². The standard InChI is InChI=1S/C11H7ClFNS/c12-8-3-7(4-9(13)5-8)11-6-10(15)1-2-14-11/h1-6H,(H,14,15). The van der Waals surface area contributed by atoms with Crippen molar-refractivity contribution in [2.45, 2.75) is 0 Å². The number of rotatable bonds is 1. The predicted molar refractivity (Wildman–Crippen MR) is 62.0 cm³/mol. The molecule has 1 aromatic carbocycles. The minimum atomic E-state index is -0.360. The first-order valence-corrected chi connectivity index (χ1v) is 5.09. The smallest absolute Gasteiger partial charge is 0.125 e. The number of H-pyrrole nitrogens is 1. The van der Waals surface area contributed by atoms with Gasteiger partial charge in [-0.2, -0.15) is 0 Å². The molecule has 0 radical (unpaired) electrons. The van der Waals surface area contributed by atoms with E-state index in [-0.39, 0.29) is 5.82 Å². The summed E-state index contributed by atoms with van der Waals surface area (Å²) in [6, 6.07) is 7.89. The van der Waals surface area contributed by atoms with Gasteiger partial charge in [-0.25, -0.2) is 4.39 Å². The number of benzene rings is 1. The van der Waals surface area contributed by atoms with Crippen molar-refractivity contribution < 1.29 is 4.39 Å². The lowest BCUT2D eigenvalue weighted by Gasteiger charge is -2.02. The minimum absolute atomic E-state index is 0.360. The lowest BCUT2D eigenvalue weighted by atomic mass is 10.1. The van der Waals surface area contributed by atoms with Crippen LogP contribution < -0.4 is 0 Å². The van der Waals surface area contributed by atoms with Crippen molar-refractivity contribution in [1.29, 1.82) is 0 Å². The Balaban J connectivity index is 2.58. The van der Waals surface area contributed by atoms with Crippen molar-refractivity contribution in [3.63, 3.8) is 0 Å². The molecule has 15 heavy (non-hydrogen) atoms. The molecule has 0 fully saturated rings. The highest BCUT2D eigenvalue weighted by atomic mass is 35.5. The lowest BCUT2D eigenvalue weighted by molar-refractivity contribution is 0.628. The van der Waals surface area contributed by atoms with Gasteiger partial charge in [-0.1, -0.05) is 23.8 Å². The number of pyridine rings is 1. The van der Waals surface area contributed by atoms with Crippen molar-refractivity contribution in [1.82, 2.24) is 4.98 Å². The van der Waals surface area contributed by atoms with E-state index in [2.05, 4.69) is 4.98 Å². The monoisotopic (exact) mass is 239 g/mol. The summed E-state index contributed by atoms with van der Waals surface area (Å²) < 4.78 is 13.8. The summed E-state index contributed by atoms with van der Waals surface area (Å²) in [5.74, 6) is -0.360. The van der Waals surface area contributed by atoms with Crippen molar-refractivity contribution in [2.24, 2.45) is 0 Å². The fraction of sp³-hybridized carbons (Fsp3) is 0. The predicted octanol–water partition coefficient (Wildman–Crippen LogP) is 4.20. The molecule has 0 aliphatic heterocycles. The Kier molecular flexibility index (Phi) is 2.84. The van der Waals surface area contributed by atoms with Crippen LogP contribution in [0.4, 0.5) is 4.39 Å². The van der Waals surface area contributed by atoms with Crippen LogP contribution in [0.2, 0.25) is 5.02 Å². The van der Waals surface area contributed by atoms with Crippen molar-refractivity contribution in [2.75, 3.05) is 0 Å². The molecule has 0 unspecified atom stereocenters. The summed E-state index contributed by atoms with van der Waals surface area (Å²) in [6.07, 6.45) is 1.72. The second kappa shape index (κ2) is 4.13. The summed E-state index contributed by atoms with van der Waals surface area (Å²) >= 11 is 10.8. The summed E-state index contributed by atoms with van der Waals surface area (Å²) in [4.78, 5) is 2.99. The van der Waals surface area contributed by atoms with E-state index in [4.69, 9.17) is 23.8 Å². The van der Waals surface area contributed by atoms with Crippen LogP contribution in [0.25, 0.3) is 11.3 Å². The Bertz CT molecular complexity index is 530. The highest BCUT2D eigenvalue weighted by molar-refractivity contribution is 7.71. The maximum atomic E-state index is 13.1. The fourth-order valence-corrected chi connectivity index (χ4v) is 1.73. The van der Waals surface area contributed by atoms with E-state index >= 15 is 0 Å². The second-order valence-electron chi connectivity index (χ2n) is 3.10. The van der Waals surface area contributed by atoms with Gasteiger partial charge < -0.3 is 4.98 Å². The quantitative estimate of drug-likeness (QED) is 0.738. The second-order valence-corrected chi connectivity index (χ2v) is 4.00. The van der Waals surface area contributed by atoms with Crippen LogP contribution in [0, 0.1) is 10.3 Å². The zero-order valence-corrected chi connectivity index (χ0v) is 9.20. The number of halogens is 2. The Labute approximate surface area is 96.5 Å². The molecule has 2 aromatic rings. The van der Waals surface area contributed by atoms with Crippen LogP contribution in [0.5, 0.6) is 0 Å². The minimum Gasteiger partial charge on any atom is -0.361 e. The molecular formula is C11H7ClFNS. The third-order valence-corrected chi connectivity index (χ3v) is 2.42. The van der Waals surface area contributed by atoms with Crippen LogP contribution in [0.1, 0.15) is 0 Å². The zero-order valence-electron chi connectivity index (χ0n) is 7.63. The summed E-state index contributed by atoms with van der Waals surface area (Å²) in [7, 11) is 0. The van der Waals surface area contributed by atoms with Gasteiger partial charge in [0.2, 0.25) is 0 Å². The SMILES string of the molecule is Fc1cc(Cl)cc(-c2cc(=S)cc[nH]2)c1. The van der Waals surface area contributed by atoms with E-state index in [9.17, 15) is 4.39 Å². The van der Waals surface area contributed by atoms with E-state index in [0.29, 0.717) is 15.1 Å². The van der Waals surface area contributed by atoms with Crippen LogP contribution in [0.15, 0.2) is 36.5 Å². The molecule has 0 atom stereocenters. The number of hydrogen-bond donors (Lipinski definition) is 1. The fourth-order valence-electron chi connectivity index (χ4n) is 1.32. The normalized spacial score (nSPS) is 10.3. The zero-order chi connectivity index (χ0) is 10.8. The Morgan fingerprint density at radius 3 is 2.67 bits per heavy atom. The number of hydrogen-bond acceptors (Lipinski definition) is 1. The largest absolute Gasteiger partial charge is 0.361 e. The third-order valence-electron chi connectivity index (χ3n) is 1.95. The summed E-state index contributed by atoms with van der Waals surface area (Å²) in [5.41, 5.74) is 1.44. The van der Waals surface area contributed by atoms with Crippen molar-refractivity contribution >= 4 is 23.8 Å². The molecule has 2 rings (SSSR count). The van der Waals surface area contributed by atoms with Crippen molar-refractivity contribution in [3.05, 3.63) is 51.9 Å². The van der Waals surface area contributed by atoms with Crippen LogP contribution in [0.3, 0.4) is 0 Å². The molecule has 1 heterocycles. The number of aromatic amines is 1. The average Bonchev–Trinajstić information content (AvgIpc) is 2.16. The molecule has 0 saturated carbocycles. The van der Waals surface area contributed by atoms with E-state index in [1.165, 1.54) is 12.1 Å². The third kappa shape index (κ3) is 2.43. The molecule has 1 nitrogen and oxygen atoms in total. The molecule has 0 saturated heterocycles. The van der Waals surface area contributed by atoms with Gasteiger partial charge in [-0.05, 0) is 30.3 Å². The van der Waals surface area contributed by atoms with Crippen LogP contribution in [-0.4, -0.2) is 4.98 Å². The van der Waals surface area contributed by atoms with Crippen LogP contribution in [-0.2, 0) is 0 Å². The molecular weight excluding hydrogens is 233 g/mol. The van der Waals surface area contributed by atoms with E-state index in [1.54, 1.807) is 24.4 Å². The highest BCUT2D eigenvalue weighted by Gasteiger charge is 2.01. The van der Waals surface area contributed by atoms with Crippen LogP contribution >= 0.6 is 23.8 Å². The Morgan fingerprint density at radius 2 is 2.00 bits per heavy atom. The van der Waals surface area contributed by atoms with Gasteiger partial charge in [-0.15, -0.1) is 0 Å². The molecule has 0 spiro atoms. The summed E-state index contributed by atoms with van der Waals surface area (Å²) in [5, 5.41) is 0.369. The first kappa shape index (κ1) is 10.3. The van der Waals surface area contributed by atoms with E-state index < -0.39 is 0 Å². The van der Waals surface area contributed by atoms with Gasteiger partial charge in [0.05, 0.1) is 0 Å². The average molecular weight is 240 g/mol. The van der Waals surface area contributed by atoms with Gasteiger partial charge in [0.15, 0.2) is 0 Å². The Morgan fingerprint density at radius 1 is 1.20 bits per heavy atom. The van der Waals surface area contributed by atoms with Gasteiger partial charge in [0, 0.05) is 27.0 Å². The maximum absolute atomic E-state index is 13.1. The maximum Gasteiger partial charge on any atom is 0.125 e. The van der Waals surface area contributed by atoms with Crippen molar-refractivity contribution in [3.8, 4) is 11.3 Å². The van der Waals surface area contributed by atoms with Gasteiger partial charge in [0.25, 0.3) is 0 Å². The Hall–Kier alpha value is -1.19. The number of nitrogens with one attached hydrogen (secondary N) is 1. The molecule has 0 bridgehead atoms. The molecule has 0 aliphatic carbocycles. The van der Waals surface area contributed by atoms with E-state index in [1.807, 2.05) is 0 Å². The molecule has 76 valence electrons. The molecule has 0 aliphatic rings.